The lowest BCUT2D eigenvalue weighted by molar-refractivity contribution is -0.248. The van der Waals surface area contributed by atoms with Crippen LogP contribution >= 0.6 is 0 Å². The van der Waals surface area contributed by atoms with Crippen LogP contribution in [-0.2, 0) is 30.4 Å². The number of hydrogen-bond acceptors (Lipinski definition) is 8. The van der Waals surface area contributed by atoms with Crippen LogP contribution in [0.5, 0.6) is 5.75 Å². The third-order valence-electron chi connectivity index (χ3n) is 4.61. The predicted octanol–water partition coefficient (Wildman–Crippen LogP) is 1.24. The van der Waals surface area contributed by atoms with E-state index in [2.05, 4.69) is 0 Å². The number of nitrogen functional groups attached to an aromatic ring is 1. The van der Waals surface area contributed by atoms with Crippen LogP contribution in [-0.4, -0.2) is 42.7 Å². The van der Waals surface area contributed by atoms with Gasteiger partial charge in [0.2, 0.25) is 6.29 Å². The van der Waals surface area contributed by atoms with E-state index < -0.39 is 30.4 Å². The molecule has 1 aromatic rings. The highest BCUT2D eigenvalue weighted by Gasteiger charge is 2.48. The molecule has 0 unspecified atom stereocenters. The van der Waals surface area contributed by atoms with Gasteiger partial charge in [-0.2, -0.15) is 0 Å². The monoisotopic (exact) mass is 367 g/mol. The minimum absolute atomic E-state index is 0.153. The van der Waals surface area contributed by atoms with Crippen molar-refractivity contribution in [3.63, 3.8) is 0 Å². The van der Waals surface area contributed by atoms with Gasteiger partial charge in [-0.05, 0) is 23.6 Å². The van der Waals surface area contributed by atoms with Crippen molar-refractivity contribution in [3.8, 4) is 5.75 Å². The molecule has 0 amide bonds. The Hall–Kier alpha value is -2.32. The van der Waals surface area contributed by atoms with Crippen LogP contribution in [0.25, 0.3) is 0 Å². The molecule has 5 atom stereocenters. The fourth-order valence-electron chi connectivity index (χ4n) is 2.93. The van der Waals surface area contributed by atoms with Crippen LogP contribution in [0.15, 0.2) is 18.2 Å². The smallest absolute Gasteiger partial charge is 0.335 e. The second kappa shape index (κ2) is 8.37. The average Bonchev–Trinajstić information content (AvgIpc) is 2.61. The standard InChI is InChI=1S/C18H25NO7/c1-9-10(2)16(24-11(3)21)18(26-15(9)17(22)23-4)25-14-6-5-12(8-20)7-13(14)19/h5-7,9-10,15-16,18,20H,8,19H2,1-4H3/t9-,10-,15-,16+,18+/m0/s1. The Kier molecular flexibility index (Phi) is 6.44. The first kappa shape index (κ1) is 20.0. The summed E-state index contributed by atoms with van der Waals surface area (Å²) in [6.45, 7) is 4.82. The van der Waals surface area contributed by atoms with E-state index in [4.69, 9.17) is 24.7 Å². The zero-order valence-electron chi connectivity index (χ0n) is 15.3. The van der Waals surface area contributed by atoms with E-state index in [-0.39, 0.29) is 18.4 Å². The molecule has 2 rings (SSSR count). The van der Waals surface area contributed by atoms with Gasteiger partial charge in [0.15, 0.2) is 12.2 Å². The molecule has 1 heterocycles. The van der Waals surface area contributed by atoms with E-state index in [9.17, 15) is 14.7 Å². The molecular formula is C18H25NO7. The van der Waals surface area contributed by atoms with Crippen molar-refractivity contribution in [3.05, 3.63) is 23.8 Å². The molecule has 1 aromatic carbocycles. The number of rotatable bonds is 5. The van der Waals surface area contributed by atoms with E-state index in [1.54, 1.807) is 18.2 Å². The summed E-state index contributed by atoms with van der Waals surface area (Å²) in [6.07, 6.45) is -2.61. The number of methoxy groups -OCH3 is 1. The first-order valence-electron chi connectivity index (χ1n) is 8.34. The molecule has 0 bridgehead atoms. The summed E-state index contributed by atoms with van der Waals surface area (Å²) in [5, 5.41) is 9.17. The van der Waals surface area contributed by atoms with Gasteiger partial charge in [-0.25, -0.2) is 4.79 Å². The average molecular weight is 367 g/mol. The van der Waals surface area contributed by atoms with Crippen molar-refractivity contribution in [2.75, 3.05) is 12.8 Å². The lowest BCUT2D eigenvalue weighted by Crippen LogP contribution is -2.55. The molecular weight excluding hydrogens is 342 g/mol. The van der Waals surface area contributed by atoms with Gasteiger partial charge >= 0.3 is 11.9 Å². The first-order valence-corrected chi connectivity index (χ1v) is 8.34. The molecule has 3 N–H and O–H groups in total. The van der Waals surface area contributed by atoms with Crippen molar-refractivity contribution >= 4 is 17.6 Å². The topological polar surface area (TPSA) is 117 Å². The van der Waals surface area contributed by atoms with Crippen molar-refractivity contribution in [1.82, 2.24) is 0 Å². The molecule has 1 aliphatic rings. The van der Waals surface area contributed by atoms with Crippen LogP contribution in [0.3, 0.4) is 0 Å². The number of hydrogen-bond donors (Lipinski definition) is 2. The molecule has 26 heavy (non-hydrogen) atoms. The number of anilines is 1. The quantitative estimate of drug-likeness (QED) is 0.590. The molecule has 0 aromatic heterocycles. The minimum Gasteiger partial charge on any atom is -0.467 e. The second-order valence-corrected chi connectivity index (χ2v) is 6.39. The molecule has 144 valence electrons. The van der Waals surface area contributed by atoms with E-state index >= 15 is 0 Å². The summed E-state index contributed by atoms with van der Waals surface area (Å²) < 4.78 is 21.8. The number of carbonyl (C=O) groups excluding carboxylic acids is 2. The molecule has 0 radical (unpaired) electrons. The summed E-state index contributed by atoms with van der Waals surface area (Å²) in [6, 6.07) is 4.81. The van der Waals surface area contributed by atoms with Crippen molar-refractivity contribution in [2.45, 2.75) is 45.9 Å². The number of carbonyl (C=O) groups is 2. The fraction of sp³-hybridized carbons (Fsp3) is 0.556. The highest BCUT2D eigenvalue weighted by atomic mass is 16.7. The normalized spacial score (nSPS) is 28.3. The van der Waals surface area contributed by atoms with Crippen LogP contribution in [0.4, 0.5) is 5.69 Å². The Labute approximate surface area is 152 Å². The summed E-state index contributed by atoms with van der Waals surface area (Å²) >= 11 is 0. The van der Waals surface area contributed by atoms with Gasteiger partial charge in [0.05, 0.1) is 19.4 Å². The van der Waals surface area contributed by atoms with E-state index in [0.29, 0.717) is 17.0 Å². The molecule has 1 saturated heterocycles. The number of esters is 2. The van der Waals surface area contributed by atoms with Crippen molar-refractivity contribution in [2.24, 2.45) is 11.8 Å². The summed E-state index contributed by atoms with van der Waals surface area (Å²) in [5.74, 6) is -1.18. The van der Waals surface area contributed by atoms with Crippen molar-refractivity contribution in [1.29, 1.82) is 0 Å². The van der Waals surface area contributed by atoms with Gasteiger partial charge in [-0.3, -0.25) is 4.79 Å². The third-order valence-corrected chi connectivity index (χ3v) is 4.61. The van der Waals surface area contributed by atoms with E-state index in [1.807, 2.05) is 13.8 Å². The van der Waals surface area contributed by atoms with Gasteiger partial charge in [-0.15, -0.1) is 0 Å². The third kappa shape index (κ3) is 4.25. The zero-order chi connectivity index (χ0) is 19.4. The number of benzene rings is 1. The molecule has 0 aliphatic carbocycles. The predicted molar refractivity (Wildman–Crippen MR) is 92.0 cm³/mol. The largest absolute Gasteiger partial charge is 0.467 e. The zero-order valence-corrected chi connectivity index (χ0v) is 15.3. The van der Waals surface area contributed by atoms with Gasteiger partial charge in [-0.1, -0.05) is 19.9 Å². The lowest BCUT2D eigenvalue weighted by Gasteiger charge is -2.42. The fourth-order valence-corrected chi connectivity index (χ4v) is 2.93. The maximum absolute atomic E-state index is 12.0. The Morgan fingerprint density at radius 2 is 1.96 bits per heavy atom. The lowest BCUT2D eigenvalue weighted by atomic mass is 9.83. The van der Waals surface area contributed by atoms with E-state index in [1.165, 1.54) is 14.0 Å². The Balaban J connectivity index is 2.30. The van der Waals surface area contributed by atoms with Gasteiger partial charge in [0, 0.05) is 12.8 Å². The molecule has 1 fully saturated rings. The number of nitrogens with two attached hydrogens (primary N) is 1. The first-order chi connectivity index (χ1) is 12.3. The van der Waals surface area contributed by atoms with Crippen LogP contribution in [0.2, 0.25) is 0 Å². The summed E-state index contributed by atoms with van der Waals surface area (Å²) in [4.78, 5) is 23.5. The Morgan fingerprint density at radius 1 is 1.27 bits per heavy atom. The van der Waals surface area contributed by atoms with Crippen molar-refractivity contribution < 1.29 is 33.6 Å². The molecule has 0 saturated carbocycles. The number of ether oxygens (including phenoxy) is 4. The van der Waals surface area contributed by atoms with E-state index in [0.717, 1.165) is 0 Å². The molecule has 8 nitrogen and oxygen atoms in total. The highest BCUT2D eigenvalue weighted by Crippen LogP contribution is 2.35. The highest BCUT2D eigenvalue weighted by molar-refractivity contribution is 5.75. The molecule has 8 heteroatoms. The maximum Gasteiger partial charge on any atom is 0.335 e. The second-order valence-electron chi connectivity index (χ2n) is 6.39. The Morgan fingerprint density at radius 3 is 2.50 bits per heavy atom. The summed E-state index contributed by atoms with van der Waals surface area (Å²) in [5.41, 5.74) is 6.88. The number of aliphatic hydroxyl groups excluding tert-OH is 1. The summed E-state index contributed by atoms with van der Waals surface area (Å²) in [7, 11) is 1.28. The minimum atomic E-state index is -1.03. The van der Waals surface area contributed by atoms with Crippen LogP contribution in [0, 0.1) is 11.8 Å². The van der Waals surface area contributed by atoms with Gasteiger partial charge in [0.25, 0.3) is 0 Å². The molecule has 0 spiro atoms. The SMILES string of the molecule is COC(=O)[C@H]1O[C@@H](Oc2ccc(CO)cc2N)[C@H](OC(C)=O)[C@@H](C)[C@@H]1C. The number of aliphatic hydroxyl groups is 1. The Bertz CT molecular complexity index is 663. The van der Waals surface area contributed by atoms with Gasteiger partial charge < -0.3 is 29.8 Å². The van der Waals surface area contributed by atoms with Crippen LogP contribution < -0.4 is 10.5 Å². The molecule has 1 aliphatic heterocycles. The maximum atomic E-state index is 12.0. The van der Waals surface area contributed by atoms with Crippen LogP contribution in [0.1, 0.15) is 26.3 Å². The van der Waals surface area contributed by atoms with Gasteiger partial charge in [0.1, 0.15) is 5.75 Å².